The fraction of sp³-hybridized carbons (Fsp3) is 0.750. The number of nitrogens with zero attached hydrogens (tertiary/aromatic N) is 1. The van der Waals surface area contributed by atoms with E-state index in [-0.39, 0.29) is 23.5 Å². The van der Waals surface area contributed by atoms with E-state index in [9.17, 15) is 19.8 Å². The lowest BCUT2D eigenvalue weighted by Crippen LogP contribution is -2.45. The predicted molar refractivity (Wildman–Crippen MR) is 139 cm³/mol. The number of carbonyl (C=O) groups excluding carboxylic acids is 2. The topological polar surface area (TPSA) is 96.7 Å². The highest BCUT2D eigenvalue weighted by atomic mass is 32.1. The van der Waals surface area contributed by atoms with Crippen molar-refractivity contribution in [3.05, 3.63) is 21.7 Å². The molecule has 2 N–H and O–H groups in total. The summed E-state index contributed by atoms with van der Waals surface area (Å²) in [7, 11) is 0. The number of ketones is 1. The van der Waals surface area contributed by atoms with Gasteiger partial charge in [0.1, 0.15) is 11.9 Å². The normalized spacial score (nSPS) is 37.5. The first kappa shape index (κ1) is 28.0. The molecule has 35 heavy (non-hydrogen) atoms. The second-order valence-electron chi connectivity index (χ2n) is 11.9. The fourth-order valence-electron chi connectivity index (χ4n) is 5.55. The van der Waals surface area contributed by atoms with Gasteiger partial charge in [0.05, 0.1) is 34.7 Å². The Labute approximate surface area is 214 Å². The number of aryl methyl sites for hydroxylation is 1. The minimum atomic E-state index is -1.20. The number of cyclic esters (lactones) is 1. The molecule has 0 unspecified atom stereocenters. The Morgan fingerprint density at radius 1 is 1.23 bits per heavy atom. The second kappa shape index (κ2) is 10.8. The summed E-state index contributed by atoms with van der Waals surface area (Å²) in [5.74, 6) is -0.926. The number of carbonyl (C=O) groups is 2. The van der Waals surface area contributed by atoms with Gasteiger partial charge < -0.3 is 14.9 Å². The minimum Gasteiger partial charge on any atom is -0.458 e. The molecule has 0 aromatic carbocycles. The summed E-state index contributed by atoms with van der Waals surface area (Å²) < 4.78 is 5.95. The Morgan fingerprint density at radius 3 is 2.54 bits per heavy atom. The van der Waals surface area contributed by atoms with Crippen molar-refractivity contribution in [1.29, 1.82) is 0 Å². The van der Waals surface area contributed by atoms with Gasteiger partial charge in [-0.1, -0.05) is 41.0 Å². The number of aliphatic hydroxyl groups is 2. The van der Waals surface area contributed by atoms with E-state index < -0.39 is 35.6 Å². The molecule has 1 saturated heterocycles. The zero-order chi connectivity index (χ0) is 26.1. The summed E-state index contributed by atoms with van der Waals surface area (Å²) in [6.45, 7) is 13.2. The molecule has 3 rings (SSSR count). The van der Waals surface area contributed by atoms with Crippen LogP contribution in [0.1, 0.15) is 90.8 Å². The predicted octanol–water partition coefficient (Wildman–Crippen LogP) is 5.35. The maximum Gasteiger partial charge on any atom is 0.309 e. The van der Waals surface area contributed by atoms with E-state index >= 15 is 0 Å². The highest BCUT2D eigenvalue weighted by molar-refractivity contribution is 7.09. The molecule has 196 valence electrons. The summed E-state index contributed by atoms with van der Waals surface area (Å²) in [4.78, 5) is 30.7. The highest BCUT2D eigenvalue weighted by Gasteiger charge is 2.50. The van der Waals surface area contributed by atoms with Crippen LogP contribution in [0.3, 0.4) is 0 Å². The zero-order valence-corrected chi connectivity index (χ0v) is 23.2. The lowest BCUT2D eigenvalue weighted by molar-refractivity contribution is -0.154. The standard InChI is InChI=1S/C28H43NO5S/c1-16-9-8-10-28(7)14-20(28)12-22(17(2)11-21-15-35-19(4)29-21)34-24(31)13-23(30)27(5,6)26(33)18(3)25(16)32/h11,15-16,18,20,22-23,25,30,32H,8-10,12-14H2,1-7H3/b17-11-/t16-,18+,20+,22-,23-,25-,28-/m0/s1. The molecule has 0 spiro atoms. The molecule has 2 fully saturated rings. The molecule has 0 bridgehead atoms. The molecular weight excluding hydrogens is 462 g/mol. The largest absolute Gasteiger partial charge is 0.458 e. The van der Waals surface area contributed by atoms with Crippen LogP contribution in [-0.2, 0) is 14.3 Å². The van der Waals surface area contributed by atoms with Crippen molar-refractivity contribution in [1.82, 2.24) is 4.98 Å². The van der Waals surface area contributed by atoms with Gasteiger partial charge in [-0.15, -0.1) is 11.3 Å². The molecule has 2 aliphatic rings. The number of rotatable bonds is 2. The Balaban J connectivity index is 1.85. The molecule has 1 aliphatic carbocycles. The molecule has 1 aromatic heterocycles. The van der Waals surface area contributed by atoms with Gasteiger partial charge in [-0.25, -0.2) is 4.98 Å². The van der Waals surface area contributed by atoms with Gasteiger partial charge in [-0.3, -0.25) is 9.59 Å². The molecule has 7 heteroatoms. The highest BCUT2D eigenvalue weighted by Crippen LogP contribution is 2.58. The van der Waals surface area contributed by atoms with Crippen LogP contribution in [0.15, 0.2) is 11.0 Å². The van der Waals surface area contributed by atoms with Crippen molar-refractivity contribution < 1.29 is 24.5 Å². The van der Waals surface area contributed by atoms with Crippen molar-refractivity contribution in [2.75, 3.05) is 0 Å². The number of thiazole rings is 1. The number of Topliss-reactive ketones (excluding diaryl/α,β-unsaturated/α-hetero) is 1. The Kier molecular flexibility index (Phi) is 8.65. The van der Waals surface area contributed by atoms with E-state index in [1.165, 1.54) is 0 Å². The lowest BCUT2D eigenvalue weighted by atomic mass is 9.73. The maximum atomic E-state index is 13.2. The van der Waals surface area contributed by atoms with Crippen LogP contribution >= 0.6 is 11.3 Å². The first-order valence-corrected chi connectivity index (χ1v) is 13.8. The molecule has 1 saturated carbocycles. The van der Waals surface area contributed by atoms with E-state index in [2.05, 4.69) is 11.9 Å². The van der Waals surface area contributed by atoms with Crippen molar-refractivity contribution in [2.24, 2.45) is 28.6 Å². The summed E-state index contributed by atoms with van der Waals surface area (Å²) in [6.07, 6.45) is 4.06. The quantitative estimate of drug-likeness (QED) is 0.526. The van der Waals surface area contributed by atoms with E-state index in [1.807, 2.05) is 32.2 Å². The van der Waals surface area contributed by atoms with Gasteiger partial charge in [0.25, 0.3) is 0 Å². The van der Waals surface area contributed by atoms with Gasteiger partial charge in [-0.05, 0) is 68.4 Å². The fourth-order valence-corrected chi connectivity index (χ4v) is 6.12. The van der Waals surface area contributed by atoms with Crippen molar-refractivity contribution in [3.63, 3.8) is 0 Å². The molecule has 0 amide bonds. The summed E-state index contributed by atoms with van der Waals surface area (Å²) in [5, 5.41) is 24.7. The molecule has 2 heterocycles. The third-order valence-electron chi connectivity index (χ3n) is 8.58. The smallest absolute Gasteiger partial charge is 0.309 e. The first-order valence-electron chi connectivity index (χ1n) is 12.9. The average molecular weight is 506 g/mol. The third-order valence-corrected chi connectivity index (χ3v) is 9.37. The molecule has 1 aromatic rings. The van der Waals surface area contributed by atoms with Crippen LogP contribution in [0.25, 0.3) is 6.08 Å². The minimum absolute atomic E-state index is 0.0138. The van der Waals surface area contributed by atoms with Crippen LogP contribution in [0.2, 0.25) is 0 Å². The monoisotopic (exact) mass is 505 g/mol. The first-order chi connectivity index (χ1) is 16.2. The Bertz CT molecular complexity index is 953. The Hall–Kier alpha value is -1.57. The van der Waals surface area contributed by atoms with E-state index in [1.54, 1.807) is 32.1 Å². The van der Waals surface area contributed by atoms with Crippen LogP contribution in [0.4, 0.5) is 0 Å². The number of fused-ring (bicyclic) bond motifs is 1. The summed E-state index contributed by atoms with van der Waals surface area (Å²) in [5.41, 5.74) is 0.825. The molecule has 0 radical (unpaired) electrons. The zero-order valence-electron chi connectivity index (χ0n) is 22.3. The number of aromatic nitrogens is 1. The van der Waals surface area contributed by atoms with Gasteiger partial charge in [0.2, 0.25) is 0 Å². The Morgan fingerprint density at radius 2 is 1.91 bits per heavy atom. The van der Waals surface area contributed by atoms with E-state index in [4.69, 9.17) is 4.74 Å². The molecule has 1 aliphatic heterocycles. The van der Waals surface area contributed by atoms with Crippen molar-refractivity contribution in [2.45, 2.75) is 105 Å². The average Bonchev–Trinajstić information content (AvgIpc) is 3.22. The molecule has 6 nitrogen and oxygen atoms in total. The summed E-state index contributed by atoms with van der Waals surface area (Å²) in [6, 6.07) is 0. The van der Waals surface area contributed by atoms with E-state index in [0.29, 0.717) is 5.92 Å². The SMILES string of the molecule is C/C(=C/c1csc(C)n1)[C@@H]1C[C@@H]2C[C@]2(C)CCC[C@H](C)[C@H](O)[C@@H](C)C(=O)C(C)(C)[C@@H](O)CC(=O)O1. The number of hydrogen-bond donors (Lipinski definition) is 2. The van der Waals surface area contributed by atoms with Crippen molar-refractivity contribution >= 4 is 29.2 Å². The number of hydrogen-bond acceptors (Lipinski definition) is 7. The van der Waals surface area contributed by atoms with Crippen LogP contribution in [0.5, 0.6) is 0 Å². The van der Waals surface area contributed by atoms with E-state index in [0.717, 1.165) is 48.4 Å². The number of ether oxygens (including phenoxy) is 1. The summed E-state index contributed by atoms with van der Waals surface area (Å²) >= 11 is 1.58. The van der Waals surface area contributed by atoms with Gasteiger partial charge in [-0.2, -0.15) is 0 Å². The van der Waals surface area contributed by atoms with Crippen LogP contribution in [-0.4, -0.2) is 45.3 Å². The van der Waals surface area contributed by atoms with Gasteiger partial charge >= 0.3 is 5.97 Å². The van der Waals surface area contributed by atoms with Gasteiger partial charge in [0.15, 0.2) is 0 Å². The lowest BCUT2D eigenvalue weighted by Gasteiger charge is -2.34. The second-order valence-corrected chi connectivity index (χ2v) is 13.0. The molecular formula is C28H43NO5S. The number of esters is 1. The number of aliphatic hydroxyl groups excluding tert-OH is 2. The third kappa shape index (κ3) is 6.60. The van der Waals surface area contributed by atoms with Crippen molar-refractivity contribution in [3.8, 4) is 0 Å². The van der Waals surface area contributed by atoms with Crippen LogP contribution in [0, 0.1) is 35.5 Å². The van der Waals surface area contributed by atoms with Gasteiger partial charge in [0, 0.05) is 11.3 Å². The molecule has 7 atom stereocenters. The maximum absolute atomic E-state index is 13.2. The van der Waals surface area contributed by atoms with Crippen LogP contribution < -0.4 is 0 Å².